The van der Waals surface area contributed by atoms with Crippen molar-refractivity contribution in [2.45, 2.75) is 0 Å². The van der Waals surface area contributed by atoms with E-state index < -0.39 is 0 Å². The van der Waals surface area contributed by atoms with Gasteiger partial charge in [0.25, 0.3) is 0 Å². The molecule has 0 fully saturated rings. The zero-order valence-corrected chi connectivity index (χ0v) is 8.04. The second kappa shape index (κ2) is 5.08. The Hall–Kier alpha value is -0.650. The summed E-state index contributed by atoms with van der Waals surface area (Å²) in [6, 6.07) is 3.67. The van der Waals surface area contributed by atoms with Crippen LogP contribution in [-0.2, 0) is 0 Å². The summed E-state index contributed by atoms with van der Waals surface area (Å²) in [5.41, 5.74) is 2.49. The van der Waals surface area contributed by atoms with Crippen molar-refractivity contribution < 1.29 is 4.74 Å². The average molecular weight is 232 g/mol. The molecule has 0 atom stereocenters. The fourth-order valence-electron chi connectivity index (χ4n) is 0.675. The largest absolute Gasteiger partial charge is 0.491 e. The number of nitrogens with one attached hydrogen (secondary N) is 1. The Kier molecular flexibility index (Phi) is 3.99. The van der Waals surface area contributed by atoms with Crippen molar-refractivity contribution in [1.82, 2.24) is 10.4 Å². The van der Waals surface area contributed by atoms with Gasteiger partial charge in [-0.25, -0.2) is 4.98 Å². The normalized spacial score (nSPS) is 9.83. The zero-order chi connectivity index (χ0) is 8.81. The molecule has 0 spiro atoms. The molecule has 0 aliphatic carbocycles. The molecule has 0 bridgehead atoms. The maximum absolute atomic E-state index is 5.28. The van der Waals surface area contributed by atoms with Crippen LogP contribution in [0.2, 0.25) is 0 Å². The molecular formula is C7H10BrN3O. The van der Waals surface area contributed by atoms with Crippen LogP contribution in [-0.4, -0.2) is 18.1 Å². The second-order valence-corrected chi connectivity index (χ2v) is 2.93. The predicted octanol–water partition coefficient (Wildman–Crippen LogP) is 0.686. The predicted molar refractivity (Wildman–Crippen MR) is 49.6 cm³/mol. The van der Waals surface area contributed by atoms with Crippen molar-refractivity contribution >= 4 is 15.9 Å². The van der Waals surface area contributed by atoms with Gasteiger partial charge in [-0.2, -0.15) is 0 Å². The smallest absolute Gasteiger partial charge is 0.137 e. The third-order valence-electron chi connectivity index (χ3n) is 1.22. The van der Waals surface area contributed by atoms with Crippen LogP contribution in [0.5, 0.6) is 5.75 Å². The van der Waals surface area contributed by atoms with Gasteiger partial charge in [-0.1, -0.05) is 0 Å². The zero-order valence-electron chi connectivity index (χ0n) is 6.46. The lowest BCUT2D eigenvalue weighted by atomic mass is 10.5. The van der Waals surface area contributed by atoms with Crippen molar-refractivity contribution in [2.24, 2.45) is 5.84 Å². The molecule has 5 heteroatoms. The molecule has 3 N–H and O–H groups in total. The van der Waals surface area contributed by atoms with Gasteiger partial charge in [-0.3, -0.25) is 11.3 Å². The summed E-state index contributed by atoms with van der Waals surface area (Å²) in [5.74, 6) is 5.81. The number of rotatable bonds is 4. The first kappa shape index (κ1) is 9.44. The minimum Gasteiger partial charge on any atom is -0.491 e. The molecule has 0 saturated carbocycles. The number of ether oxygens (including phenoxy) is 1. The van der Waals surface area contributed by atoms with Crippen LogP contribution in [0.4, 0.5) is 0 Å². The molecule has 0 saturated heterocycles. The molecule has 1 rings (SSSR count). The SMILES string of the molecule is NNCCOc1ccc(Br)nc1. The Morgan fingerprint density at radius 1 is 1.58 bits per heavy atom. The monoisotopic (exact) mass is 231 g/mol. The fraction of sp³-hybridized carbons (Fsp3) is 0.286. The van der Waals surface area contributed by atoms with Crippen molar-refractivity contribution in [1.29, 1.82) is 0 Å². The summed E-state index contributed by atoms with van der Waals surface area (Å²) >= 11 is 3.23. The highest BCUT2D eigenvalue weighted by atomic mass is 79.9. The van der Waals surface area contributed by atoms with Crippen LogP contribution in [0.15, 0.2) is 22.9 Å². The number of hydrogen-bond acceptors (Lipinski definition) is 4. The lowest BCUT2D eigenvalue weighted by Gasteiger charge is -2.03. The summed E-state index contributed by atoms with van der Waals surface area (Å²) in [7, 11) is 0. The average Bonchev–Trinajstić information content (AvgIpc) is 2.09. The molecule has 4 nitrogen and oxygen atoms in total. The molecule has 0 aliphatic rings. The highest BCUT2D eigenvalue weighted by Gasteiger charge is 1.92. The quantitative estimate of drug-likeness (QED) is 0.347. The van der Waals surface area contributed by atoms with Gasteiger partial charge in [-0.05, 0) is 28.1 Å². The topological polar surface area (TPSA) is 60.2 Å². The Morgan fingerprint density at radius 2 is 2.42 bits per heavy atom. The van der Waals surface area contributed by atoms with Crippen LogP contribution in [0, 0.1) is 0 Å². The second-order valence-electron chi connectivity index (χ2n) is 2.12. The number of nitrogens with zero attached hydrogens (tertiary/aromatic N) is 1. The van der Waals surface area contributed by atoms with Crippen LogP contribution in [0.1, 0.15) is 0 Å². The number of halogens is 1. The first-order chi connectivity index (χ1) is 5.83. The molecule has 0 unspecified atom stereocenters. The summed E-state index contributed by atoms with van der Waals surface area (Å²) in [6.45, 7) is 1.16. The number of aromatic nitrogens is 1. The van der Waals surface area contributed by atoms with Gasteiger partial charge in [-0.15, -0.1) is 0 Å². The number of hydrogen-bond donors (Lipinski definition) is 2. The highest BCUT2D eigenvalue weighted by Crippen LogP contribution is 2.11. The van der Waals surface area contributed by atoms with Gasteiger partial charge in [0, 0.05) is 6.54 Å². The van der Waals surface area contributed by atoms with Gasteiger partial charge in [0.05, 0.1) is 6.20 Å². The van der Waals surface area contributed by atoms with E-state index in [2.05, 4.69) is 26.3 Å². The molecule has 1 heterocycles. The first-order valence-corrected chi connectivity index (χ1v) is 4.30. The molecule has 0 aliphatic heterocycles. The van der Waals surface area contributed by atoms with Gasteiger partial charge in [0.2, 0.25) is 0 Å². The maximum atomic E-state index is 5.28. The van der Waals surface area contributed by atoms with E-state index in [0.717, 1.165) is 10.4 Å². The first-order valence-electron chi connectivity index (χ1n) is 3.51. The van der Waals surface area contributed by atoms with Crippen LogP contribution in [0.3, 0.4) is 0 Å². The summed E-state index contributed by atoms with van der Waals surface area (Å²) in [5, 5.41) is 0. The Balaban J connectivity index is 2.37. The third-order valence-corrected chi connectivity index (χ3v) is 1.68. The van der Waals surface area contributed by atoms with E-state index in [0.29, 0.717) is 13.2 Å². The maximum Gasteiger partial charge on any atom is 0.137 e. The van der Waals surface area contributed by atoms with Gasteiger partial charge in [0.1, 0.15) is 17.0 Å². The molecule has 0 radical (unpaired) electrons. The summed E-state index contributed by atoms with van der Waals surface area (Å²) in [6.07, 6.45) is 1.65. The Bertz CT molecular complexity index is 227. The highest BCUT2D eigenvalue weighted by molar-refractivity contribution is 9.10. The van der Waals surface area contributed by atoms with Crippen molar-refractivity contribution in [3.63, 3.8) is 0 Å². The number of hydrazine groups is 1. The Labute approximate surface area is 79.2 Å². The van der Waals surface area contributed by atoms with Crippen LogP contribution in [0.25, 0.3) is 0 Å². The Morgan fingerprint density at radius 3 is 3.00 bits per heavy atom. The summed E-state index contributed by atoms with van der Waals surface area (Å²) in [4.78, 5) is 4.00. The van der Waals surface area contributed by atoms with Crippen LogP contribution >= 0.6 is 15.9 Å². The van der Waals surface area contributed by atoms with E-state index in [1.165, 1.54) is 0 Å². The van der Waals surface area contributed by atoms with Gasteiger partial charge < -0.3 is 4.74 Å². The molecule has 66 valence electrons. The van der Waals surface area contributed by atoms with Crippen molar-refractivity contribution in [2.75, 3.05) is 13.2 Å². The van der Waals surface area contributed by atoms with E-state index in [1.54, 1.807) is 6.20 Å². The van der Waals surface area contributed by atoms with Crippen molar-refractivity contribution in [3.8, 4) is 5.75 Å². The van der Waals surface area contributed by atoms with Gasteiger partial charge in [0.15, 0.2) is 0 Å². The molecular weight excluding hydrogens is 222 g/mol. The van der Waals surface area contributed by atoms with E-state index >= 15 is 0 Å². The molecule has 0 aromatic carbocycles. The molecule has 12 heavy (non-hydrogen) atoms. The van der Waals surface area contributed by atoms with E-state index in [4.69, 9.17) is 10.6 Å². The number of nitrogens with two attached hydrogens (primary N) is 1. The van der Waals surface area contributed by atoms with E-state index in [9.17, 15) is 0 Å². The standard InChI is InChI=1S/C7H10BrN3O/c8-7-2-1-6(5-10-7)12-4-3-11-9/h1-2,5,11H,3-4,9H2. The molecule has 1 aromatic heterocycles. The fourth-order valence-corrected chi connectivity index (χ4v) is 0.910. The molecule has 1 aromatic rings. The minimum atomic E-state index is 0.541. The lowest BCUT2D eigenvalue weighted by molar-refractivity contribution is 0.314. The van der Waals surface area contributed by atoms with Crippen LogP contribution < -0.4 is 16.0 Å². The van der Waals surface area contributed by atoms with E-state index in [-0.39, 0.29) is 0 Å². The third kappa shape index (κ3) is 3.17. The number of pyridine rings is 1. The lowest BCUT2D eigenvalue weighted by Crippen LogP contribution is -2.27. The van der Waals surface area contributed by atoms with E-state index in [1.807, 2.05) is 12.1 Å². The van der Waals surface area contributed by atoms with Gasteiger partial charge >= 0.3 is 0 Å². The summed E-state index contributed by atoms with van der Waals surface area (Å²) < 4.78 is 6.07. The van der Waals surface area contributed by atoms with Crippen molar-refractivity contribution in [3.05, 3.63) is 22.9 Å². The molecule has 0 amide bonds. The minimum absolute atomic E-state index is 0.541.